The monoisotopic (exact) mass is 352 g/mol. The van der Waals surface area contributed by atoms with Crippen molar-refractivity contribution < 1.29 is 9.13 Å². The van der Waals surface area contributed by atoms with E-state index >= 15 is 0 Å². The van der Waals surface area contributed by atoms with Gasteiger partial charge in [-0.05, 0) is 41.8 Å². The van der Waals surface area contributed by atoms with Gasteiger partial charge in [-0.1, -0.05) is 12.1 Å². The average molecular weight is 352 g/mol. The van der Waals surface area contributed by atoms with Gasteiger partial charge in [-0.3, -0.25) is 4.99 Å². The van der Waals surface area contributed by atoms with Crippen LogP contribution in [-0.4, -0.2) is 26.2 Å². The molecule has 0 saturated carbocycles. The Morgan fingerprint density at radius 2 is 2.15 bits per heavy atom. The van der Waals surface area contributed by atoms with E-state index < -0.39 is 0 Å². The van der Waals surface area contributed by atoms with Crippen molar-refractivity contribution in [2.45, 2.75) is 19.4 Å². The molecule has 3 rings (SSSR count). The average Bonchev–Trinajstić information content (AvgIpc) is 3.13. The van der Waals surface area contributed by atoms with Crippen LogP contribution in [0.4, 0.5) is 4.39 Å². The Bertz CT molecular complexity index is 857. The molecule has 2 N–H and O–H groups in total. The molecule has 2 aromatic rings. The fourth-order valence-electron chi connectivity index (χ4n) is 2.90. The number of hydrogen-bond acceptors (Lipinski definition) is 3. The molecular formula is C20H21FN4O. The van der Waals surface area contributed by atoms with Gasteiger partial charge in [0.05, 0.1) is 18.2 Å². The fraction of sp³-hybridized carbons (Fsp3) is 0.300. The van der Waals surface area contributed by atoms with Gasteiger partial charge < -0.3 is 15.4 Å². The van der Waals surface area contributed by atoms with E-state index in [-0.39, 0.29) is 12.4 Å². The normalized spacial score (nSPS) is 12.9. The Kier molecular flexibility index (Phi) is 5.69. The molecule has 134 valence electrons. The first-order valence-electron chi connectivity index (χ1n) is 8.57. The molecule has 6 heteroatoms. The molecular weight excluding hydrogens is 331 g/mol. The summed E-state index contributed by atoms with van der Waals surface area (Å²) in [5.41, 5.74) is 3.38. The zero-order valence-corrected chi connectivity index (χ0v) is 14.7. The number of benzene rings is 2. The van der Waals surface area contributed by atoms with Gasteiger partial charge in [0.1, 0.15) is 11.6 Å². The molecule has 0 radical (unpaired) electrons. The molecule has 0 saturated heterocycles. The lowest BCUT2D eigenvalue weighted by atomic mass is 10.1. The molecule has 0 aliphatic carbocycles. The predicted molar refractivity (Wildman–Crippen MR) is 98.7 cm³/mol. The lowest BCUT2D eigenvalue weighted by Gasteiger charge is -2.13. The highest BCUT2D eigenvalue weighted by molar-refractivity contribution is 5.79. The van der Waals surface area contributed by atoms with E-state index in [1.165, 1.54) is 23.3 Å². The van der Waals surface area contributed by atoms with Crippen LogP contribution in [0.5, 0.6) is 5.75 Å². The molecule has 0 aromatic heterocycles. The first-order valence-corrected chi connectivity index (χ1v) is 8.57. The number of aliphatic imine (C=N–C) groups is 1. The van der Waals surface area contributed by atoms with Crippen molar-refractivity contribution >= 4 is 5.96 Å². The zero-order chi connectivity index (χ0) is 18.4. The van der Waals surface area contributed by atoms with Crippen molar-refractivity contribution in [3.8, 4) is 11.8 Å². The summed E-state index contributed by atoms with van der Waals surface area (Å²) < 4.78 is 19.3. The highest BCUT2D eigenvalue weighted by Crippen LogP contribution is 2.25. The number of hydrogen-bond donors (Lipinski definition) is 2. The van der Waals surface area contributed by atoms with Crippen LogP contribution in [0, 0.1) is 17.1 Å². The van der Waals surface area contributed by atoms with Crippen molar-refractivity contribution in [1.82, 2.24) is 10.6 Å². The number of nitrogens with one attached hydrogen (secondary N) is 2. The highest BCUT2D eigenvalue weighted by atomic mass is 19.1. The van der Waals surface area contributed by atoms with E-state index in [1.807, 2.05) is 12.1 Å². The van der Waals surface area contributed by atoms with Crippen molar-refractivity contribution in [2.75, 3.05) is 20.2 Å². The van der Waals surface area contributed by atoms with Gasteiger partial charge in [0.25, 0.3) is 0 Å². The molecule has 0 unspecified atom stereocenters. The van der Waals surface area contributed by atoms with E-state index in [1.54, 1.807) is 13.1 Å². The molecule has 0 bridgehead atoms. The van der Waals surface area contributed by atoms with Crippen LogP contribution < -0.4 is 15.4 Å². The number of ether oxygens (including phenoxy) is 1. The summed E-state index contributed by atoms with van der Waals surface area (Å²) in [6.07, 6.45) is 1.82. The van der Waals surface area contributed by atoms with Gasteiger partial charge in [-0.15, -0.1) is 0 Å². The van der Waals surface area contributed by atoms with Gasteiger partial charge in [0.15, 0.2) is 5.96 Å². The van der Waals surface area contributed by atoms with E-state index in [9.17, 15) is 4.39 Å². The molecule has 1 heterocycles. The molecule has 0 fully saturated rings. The smallest absolute Gasteiger partial charge is 0.191 e. The van der Waals surface area contributed by atoms with Crippen LogP contribution in [0.2, 0.25) is 0 Å². The third-order valence-corrected chi connectivity index (χ3v) is 4.30. The lowest BCUT2D eigenvalue weighted by Crippen LogP contribution is -2.38. The van der Waals surface area contributed by atoms with Crippen molar-refractivity contribution in [3.05, 3.63) is 64.5 Å². The molecule has 26 heavy (non-hydrogen) atoms. The van der Waals surface area contributed by atoms with Gasteiger partial charge in [-0.2, -0.15) is 5.26 Å². The van der Waals surface area contributed by atoms with E-state index in [0.29, 0.717) is 23.6 Å². The molecule has 5 nitrogen and oxygen atoms in total. The summed E-state index contributed by atoms with van der Waals surface area (Å²) >= 11 is 0. The highest BCUT2D eigenvalue weighted by Gasteiger charge is 2.12. The van der Waals surface area contributed by atoms with E-state index in [2.05, 4.69) is 27.8 Å². The molecule has 0 amide bonds. The van der Waals surface area contributed by atoms with Gasteiger partial charge >= 0.3 is 0 Å². The lowest BCUT2D eigenvalue weighted by molar-refractivity contribution is 0.357. The second-order valence-corrected chi connectivity index (χ2v) is 6.06. The maximum Gasteiger partial charge on any atom is 0.191 e. The maximum absolute atomic E-state index is 13.8. The second kappa shape index (κ2) is 8.34. The Balaban J connectivity index is 1.50. The minimum atomic E-state index is -0.340. The van der Waals surface area contributed by atoms with Crippen LogP contribution in [0.1, 0.15) is 22.3 Å². The van der Waals surface area contributed by atoms with Crippen LogP contribution >= 0.6 is 0 Å². The summed E-state index contributed by atoms with van der Waals surface area (Å²) in [7, 11) is 1.67. The Hall–Kier alpha value is -3.07. The molecule has 2 aromatic carbocycles. The first kappa shape index (κ1) is 17.7. The number of halogens is 1. The van der Waals surface area contributed by atoms with Crippen molar-refractivity contribution in [3.63, 3.8) is 0 Å². The van der Waals surface area contributed by atoms with Crippen LogP contribution in [-0.2, 0) is 19.4 Å². The molecule has 0 atom stereocenters. The van der Waals surface area contributed by atoms with Crippen LogP contribution in [0.3, 0.4) is 0 Å². The number of nitriles is 1. The summed E-state index contributed by atoms with van der Waals surface area (Å²) in [6.45, 7) is 1.73. The van der Waals surface area contributed by atoms with Crippen molar-refractivity contribution in [2.24, 2.45) is 4.99 Å². The zero-order valence-electron chi connectivity index (χ0n) is 14.7. The van der Waals surface area contributed by atoms with Crippen LogP contribution in [0.25, 0.3) is 0 Å². The number of guanidine groups is 1. The fourth-order valence-corrected chi connectivity index (χ4v) is 2.90. The largest absolute Gasteiger partial charge is 0.493 e. The van der Waals surface area contributed by atoms with Gasteiger partial charge in [-0.25, -0.2) is 4.39 Å². The third-order valence-electron chi connectivity index (χ3n) is 4.30. The minimum Gasteiger partial charge on any atom is -0.493 e. The van der Waals surface area contributed by atoms with E-state index in [4.69, 9.17) is 10.00 Å². The summed E-state index contributed by atoms with van der Waals surface area (Å²) in [4.78, 5) is 4.15. The Morgan fingerprint density at radius 1 is 1.27 bits per heavy atom. The number of nitrogens with zero attached hydrogens (tertiary/aromatic N) is 2. The third kappa shape index (κ3) is 4.31. The summed E-state index contributed by atoms with van der Waals surface area (Å²) in [5, 5.41) is 15.2. The first-order chi connectivity index (χ1) is 12.7. The number of rotatable bonds is 5. The van der Waals surface area contributed by atoms with Gasteiger partial charge in [0, 0.05) is 32.1 Å². The van der Waals surface area contributed by atoms with E-state index in [0.717, 1.165) is 25.2 Å². The van der Waals surface area contributed by atoms with Crippen LogP contribution in [0.15, 0.2) is 41.4 Å². The van der Waals surface area contributed by atoms with Crippen molar-refractivity contribution in [1.29, 1.82) is 5.26 Å². The maximum atomic E-state index is 13.8. The Labute approximate surface area is 152 Å². The standard InChI is InChI=1S/C20H21FN4O/c1-23-20(25-13-17-11-15(12-22)2-4-18(17)21)24-8-6-14-3-5-19-16(10-14)7-9-26-19/h2-5,10-11H,6-9,13H2,1H3,(H2,23,24,25). The number of fused-ring (bicyclic) bond motifs is 1. The minimum absolute atomic E-state index is 0.261. The predicted octanol–water partition coefficient (Wildman–Crippen LogP) is 2.54. The van der Waals surface area contributed by atoms with Gasteiger partial charge in [0.2, 0.25) is 0 Å². The molecule has 1 aliphatic heterocycles. The molecule has 0 spiro atoms. The summed E-state index contributed by atoms with van der Waals surface area (Å²) in [5.74, 6) is 1.24. The molecule has 1 aliphatic rings. The topological polar surface area (TPSA) is 69.4 Å². The second-order valence-electron chi connectivity index (χ2n) is 6.06. The summed E-state index contributed by atoms with van der Waals surface area (Å²) in [6, 6.07) is 12.6. The quantitative estimate of drug-likeness (QED) is 0.641. The Morgan fingerprint density at radius 3 is 2.96 bits per heavy atom. The SMILES string of the molecule is CN=C(NCCc1ccc2c(c1)CCO2)NCc1cc(C#N)ccc1F.